The van der Waals surface area contributed by atoms with Gasteiger partial charge in [0.05, 0.1) is 12.5 Å². The summed E-state index contributed by atoms with van der Waals surface area (Å²) in [6.07, 6.45) is 4.17. The lowest BCUT2D eigenvalue weighted by Gasteiger charge is -2.23. The van der Waals surface area contributed by atoms with Crippen LogP contribution in [-0.4, -0.2) is 22.6 Å². The first-order valence-corrected chi connectivity index (χ1v) is 4.24. The summed E-state index contributed by atoms with van der Waals surface area (Å²) >= 11 is 0. The van der Waals surface area contributed by atoms with Gasteiger partial charge < -0.3 is 9.47 Å². The summed E-state index contributed by atoms with van der Waals surface area (Å²) < 4.78 is 1.94. The molecule has 4 heteroatoms. The molecule has 0 saturated carbocycles. The van der Waals surface area contributed by atoms with Crippen molar-refractivity contribution in [2.45, 2.75) is 19.4 Å². The molecule has 0 aliphatic rings. The molecule has 4 nitrogen and oxygen atoms in total. The van der Waals surface area contributed by atoms with Gasteiger partial charge in [-0.15, -0.1) is 0 Å². The number of aromatic nitrogens is 2. The molecule has 13 heavy (non-hydrogen) atoms. The van der Waals surface area contributed by atoms with E-state index in [1.165, 1.54) is 0 Å². The average Bonchev–Trinajstić information content (AvgIpc) is 2.50. The molecule has 1 rings (SSSR count). The molecule has 0 aromatic carbocycles. The van der Waals surface area contributed by atoms with Crippen molar-refractivity contribution in [3.8, 4) is 6.07 Å². The fraction of sp³-hybridized carbons (Fsp3) is 0.556. The van der Waals surface area contributed by atoms with Crippen molar-refractivity contribution < 1.29 is 0 Å². The molecule has 1 atom stereocenters. The average molecular weight is 178 g/mol. The molecule has 1 unspecified atom stereocenters. The number of imidazole rings is 1. The molecule has 0 bridgehead atoms. The van der Waals surface area contributed by atoms with Crippen LogP contribution < -0.4 is 4.90 Å². The number of anilines is 1. The predicted molar refractivity (Wildman–Crippen MR) is 51.3 cm³/mol. The van der Waals surface area contributed by atoms with E-state index < -0.39 is 0 Å². The van der Waals surface area contributed by atoms with Crippen molar-refractivity contribution in [2.75, 3.05) is 11.9 Å². The van der Waals surface area contributed by atoms with Crippen molar-refractivity contribution in [2.24, 2.45) is 7.05 Å². The minimum Gasteiger partial charge on any atom is -0.342 e. The number of rotatable bonds is 3. The van der Waals surface area contributed by atoms with Gasteiger partial charge in [0.15, 0.2) is 0 Å². The van der Waals surface area contributed by atoms with Gasteiger partial charge >= 0.3 is 0 Å². The molecule has 1 aromatic rings. The minimum absolute atomic E-state index is 0.200. The van der Waals surface area contributed by atoms with Crippen LogP contribution in [0.15, 0.2) is 12.4 Å². The highest BCUT2D eigenvalue weighted by Crippen LogP contribution is 2.12. The van der Waals surface area contributed by atoms with Gasteiger partial charge in [-0.05, 0) is 6.92 Å². The summed E-state index contributed by atoms with van der Waals surface area (Å²) in [5.74, 6) is 0.891. The Kier molecular flexibility index (Phi) is 2.91. The summed E-state index contributed by atoms with van der Waals surface area (Å²) in [6, 6.07) is 2.35. The third kappa shape index (κ3) is 2.00. The molecule has 1 aromatic heterocycles. The summed E-state index contributed by atoms with van der Waals surface area (Å²) in [6.45, 7) is 2.01. The molecular formula is C9H14N4. The van der Waals surface area contributed by atoms with Gasteiger partial charge in [0.25, 0.3) is 0 Å². The Hall–Kier alpha value is -1.50. The van der Waals surface area contributed by atoms with Crippen LogP contribution in [0.2, 0.25) is 0 Å². The fourth-order valence-electron chi connectivity index (χ4n) is 1.16. The van der Waals surface area contributed by atoms with Crippen molar-refractivity contribution in [1.29, 1.82) is 5.26 Å². The molecule has 0 amide bonds. The smallest absolute Gasteiger partial charge is 0.205 e. The van der Waals surface area contributed by atoms with Crippen molar-refractivity contribution >= 4 is 5.95 Å². The van der Waals surface area contributed by atoms with E-state index in [4.69, 9.17) is 5.26 Å². The second-order valence-electron chi connectivity index (χ2n) is 3.16. The van der Waals surface area contributed by atoms with Gasteiger partial charge in [-0.25, -0.2) is 4.98 Å². The van der Waals surface area contributed by atoms with E-state index in [0.717, 1.165) is 5.95 Å². The standard InChI is InChI=1S/C9H14N4/c1-8(4-5-10)13(3)9-11-6-7-12(9)2/h6-8H,4H2,1-3H3. The summed E-state index contributed by atoms with van der Waals surface area (Å²) in [7, 11) is 3.89. The number of nitriles is 1. The largest absolute Gasteiger partial charge is 0.342 e. The van der Waals surface area contributed by atoms with E-state index in [1.807, 2.05) is 36.7 Å². The topological polar surface area (TPSA) is 44.9 Å². The van der Waals surface area contributed by atoms with Gasteiger partial charge in [0.2, 0.25) is 5.95 Å². The Morgan fingerprint density at radius 1 is 1.77 bits per heavy atom. The summed E-state index contributed by atoms with van der Waals surface area (Å²) in [5, 5.41) is 8.55. The van der Waals surface area contributed by atoms with Crippen molar-refractivity contribution in [3.63, 3.8) is 0 Å². The first-order chi connectivity index (χ1) is 6.16. The minimum atomic E-state index is 0.200. The third-order valence-electron chi connectivity index (χ3n) is 2.16. The van der Waals surface area contributed by atoms with Gasteiger partial charge in [-0.2, -0.15) is 5.26 Å². The second kappa shape index (κ2) is 3.94. The highest BCUT2D eigenvalue weighted by Gasteiger charge is 2.12. The monoisotopic (exact) mass is 178 g/mol. The number of hydrogen-bond acceptors (Lipinski definition) is 3. The SMILES string of the molecule is CC(CC#N)N(C)c1nccn1C. The molecule has 0 spiro atoms. The fourth-order valence-corrected chi connectivity index (χ4v) is 1.16. The molecule has 0 fully saturated rings. The third-order valence-corrected chi connectivity index (χ3v) is 2.16. The van der Waals surface area contributed by atoms with E-state index >= 15 is 0 Å². The molecule has 70 valence electrons. The van der Waals surface area contributed by atoms with Crippen LogP contribution in [0.5, 0.6) is 0 Å². The molecule has 0 aliphatic heterocycles. The molecular weight excluding hydrogens is 164 g/mol. The first-order valence-electron chi connectivity index (χ1n) is 4.24. The van der Waals surface area contributed by atoms with E-state index in [0.29, 0.717) is 6.42 Å². The van der Waals surface area contributed by atoms with Crippen LogP contribution in [0.4, 0.5) is 5.95 Å². The molecule has 1 heterocycles. The molecule has 0 aliphatic carbocycles. The van der Waals surface area contributed by atoms with Crippen LogP contribution in [-0.2, 0) is 7.05 Å². The lowest BCUT2D eigenvalue weighted by molar-refractivity contribution is 0.668. The number of aryl methyl sites for hydroxylation is 1. The highest BCUT2D eigenvalue weighted by atomic mass is 15.3. The maximum Gasteiger partial charge on any atom is 0.205 e. The van der Waals surface area contributed by atoms with Crippen molar-refractivity contribution in [1.82, 2.24) is 9.55 Å². The zero-order valence-corrected chi connectivity index (χ0v) is 8.23. The van der Waals surface area contributed by atoms with Crippen LogP contribution in [0.3, 0.4) is 0 Å². The normalized spacial score (nSPS) is 12.2. The summed E-state index contributed by atoms with van der Waals surface area (Å²) in [5.41, 5.74) is 0. The zero-order chi connectivity index (χ0) is 9.84. The maximum atomic E-state index is 8.55. The van der Waals surface area contributed by atoms with Crippen LogP contribution in [0.25, 0.3) is 0 Å². The zero-order valence-electron chi connectivity index (χ0n) is 8.23. The Morgan fingerprint density at radius 2 is 2.46 bits per heavy atom. The first kappa shape index (κ1) is 9.59. The number of nitrogens with zero attached hydrogens (tertiary/aromatic N) is 4. The van der Waals surface area contributed by atoms with Gasteiger partial charge in [0.1, 0.15) is 0 Å². The Bertz CT molecular complexity index is 310. The number of hydrogen-bond donors (Lipinski definition) is 0. The van der Waals surface area contributed by atoms with E-state index in [1.54, 1.807) is 6.20 Å². The van der Waals surface area contributed by atoms with Gasteiger partial charge in [-0.3, -0.25) is 0 Å². The van der Waals surface area contributed by atoms with Crippen LogP contribution in [0.1, 0.15) is 13.3 Å². The molecule has 0 radical (unpaired) electrons. The quantitative estimate of drug-likeness (QED) is 0.697. The second-order valence-corrected chi connectivity index (χ2v) is 3.16. The van der Waals surface area contributed by atoms with E-state index in [2.05, 4.69) is 11.1 Å². The summed E-state index contributed by atoms with van der Waals surface area (Å²) in [4.78, 5) is 6.20. The maximum absolute atomic E-state index is 8.55. The Labute approximate surface area is 78.4 Å². The predicted octanol–water partition coefficient (Wildman–Crippen LogP) is 1.16. The molecule has 0 N–H and O–H groups in total. The highest BCUT2D eigenvalue weighted by molar-refractivity contribution is 5.31. The van der Waals surface area contributed by atoms with Crippen LogP contribution >= 0.6 is 0 Å². The Balaban J connectivity index is 2.74. The molecule has 0 saturated heterocycles. The van der Waals surface area contributed by atoms with Crippen LogP contribution in [0, 0.1) is 11.3 Å². The lowest BCUT2D eigenvalue weighted by Crippen LogP contribution is -2.30. The van der Waals surface area contributed by atoms with Gasteiger partial charge in [0, 0.05) is 32.5 Å². The van der Waals surface area contributed by atoms with Gasteiger partial charge in [-0.1, -0.05) is 0 Å². The van der Waals surface area contributed by atoms with E-state index in [9.17, 15) is 0 Å². The Morgan fingerprint density at radius 3 is 2.92 bits per heavy atom. The van der Waals surface area contributed by atoms with Crippen molar-refractivity contribution in [3.05, 3.63) is 12.4 Å². The lowest BCUT2D eigenvalue weighted by atomic mass is 10.2. The van der Waals surface area contributed by atoms with E-state index in [-0.39, 0.29) is 6.04 Å².